The average Bonchev–Trinajstić information content (AvgIpc) is 2.29. The Morgan fingerprint density at radius 3 is 2.50 bits per heavy atom. The van der Waals surface area contributed by atoms with Crippen LogP contribution in [0.25, 0.3) is 0 Å². The maximum atomic E-state index is 9.84. The molecule has 0 rings (SSSR count). The Morgan fingerprint density at radius 2 is 2.19 bits per heavy atom. The number of aliphatic hydroxyl groups is 2. The molecule has 96 valence electrons. The molecule has 0 saturated carbocycles. The Balaban J connectivity index is 0. The second kappa shape index (κ2) is 14.1. The minimum atomic E-state index is -0.864. The van der Waals surface area contributed by atoms with Gasteiger partial charge in [0.15, 0.2) is 6.29 Å². The van der Waals surface area contributed by atoms with Crippen LogP contribution in [0, 0.1) is 0 Å². The fraction of sp³-hybridized carbons (Fsp3) is 0.700. The van der Waals surface area contributed by atoms with Crippen LogP contribution < -0.4 is 0 Å². The van der Waals surface area contributed by atoms with Crippen LogP contribution in [0.2, 0.25) is 0 Å². The Morgan fingerprint density at radius 1 is 1.56 bits per heavy atom. The summed E-state index contributed by atoms with van der Waals surface area (Å²) in [7, 11) is 1.31. The van der Waals surface area contributed by atoms with Crippen LogP contribution in [0.4, 0.5) is 0 Å². The third kappa shape index (κ3) is 15.5. The molecule has 0 aliphatic carbocycles. The van der Waals surface area contributed by atoms with Crippen molar-refractivity contribution in [1.82, 2.24) is 0 Å². The molecule has 1 unspecified atom stereocenters. The van der Waals surface area contributed by atoms with Crippen LogP contribution >= 0.6 is 0 Å². The number of esters is 1. The Kier molecular flexibility index (Phi) is 15.3. The highest BCUT2D eigenvalue weighted by molar-refractivity contribution is 5.80. The number of hydrogen-bond acceptors (Lipinski definition) is 6. The van der Waals surface area contributed by atoms with Crippen LogP contribution in [0.5, 0.6) is 0 Å². The summed E-state index contributed by atoms with van der Waals surface area (Å²) in [6.07, 6.45) is 0.247. The Labute approximate surface area is 95.4 Å². The van der Waals surface area contributed by atoms with E-state index in [2.05, 4.69) is 11.3 Å². The molecule has 1 atom stereocenters. The number of methoxy groups -OCH3 is 1. The van der Waals surface area contributed by atoms with E-state index in [-0.39, 0.29) is 19.8 Å². The van der Waals surface area contributed by atoms with E-state index < -0.39 is 12.3 Å². The first-order valence-corrected chi connectivity index (χ1v) is 4.80. The van der Waals surface area contributed by atoms with Crippen molar-refractivity contribution in [3.8, 4) is 0 Å². The number of carbonyl (C=O) groups is 1. The molecular weight excluding hydrogens is 216 g/mol. The quantitative estimate of drug-likeness (QED) is 0.273. The average molecular weight is 236 g/mol. The van der Waals surface area contributed by atoms with Crippen molar-refractivity contribution in [2.45, 2.75) is 13.2 Å². The molecule has 0 aromatic heterocycles. The fourth-order valence-electron chi connectivity index (χ4n) is 0.573. The van der Waals surface area contributed by atoms with E-state index in [0.29, 0.717) is 6.61 Å². The van der Waals surface area contributed by atoms with E-state index in [0.717, 1.165) is 6.08 Å². The summed E-state index contributed by atoms with van der Waals surface area (Å²) in [5.74, 6) is -0.394. The third-order valence-electron chi connectivity index (χ3n) is 1.22. The predicted molar refractivity (Wildman–Crippen MR) is 57.8 cm³/mol. The SMILES string of the molecule is C=CC(=O)OC.CCOC(O)COCCO. The highest BCUT2D eigenvalue weighted by atomic mass is 16.6. The molecule has 0 bridgehead atoms. The zero-order valence-corrected chi connectivity index (χ0v) is 9.72. The van der Waals surface area contributed by atoms with Gasteiger partial charge in [-0.3, -0.25) is 0 Å². The highest BCUT2D eigenvalue weighted by Crippen LogP contribution is 1.86. The lowest BCUT2D eigenvalue weighted by molar-refractivity contribution is -0.136. The largest absolute Gasteiger partial charge is 0.466 e. The first-order valence-electron chi connectivity index (χ1n) is 4.80. The van der Waals surface area contributed by atoms with E-state index in [4.69, 9.17) is 19.7 Å². The minimum absolute atomic E-state index is 0.0289. The van der Waals surface area contributed by atoms with Crippen molar-refractivity contribution in [3.63, 3.8) is 0 Å². The van der Waals surface area contributed by atoms with Gasteiger partial charge in [0.2, 0.25) is 0 Å². The van der Waals surface area contributed by atoms with Gasteiger partial charge in [-0.2, -0.15) is 0 Å². The first kappa shape index (κ1) is 17.4. The Bertz CT molecular complexity index is 171. The molecule has 0 aliphatic rings. The number of ether oxygens (including phenoxy) is 3. The van der Waals surface area contributed by atoms with Gasteiger partial charge in [0.05, 0.1) is 26.9 Å². The summed E-state index contributed by atoms with van der Waals surface area (Å²) in [6, 6.07) is 0. The maximum Gasteiger partial charge on any atom is 0.329 e. The highest BCUT2D eigenvalue weighted by Gasteiger charge is 2.00. The molecule has 0 aromatic rings. The second-order valence-electron chi connectivity index (χ2n) is 2.44. The zero-order chi connectivity index (χ0) is 12.8. The predicted octanol–water partition coefficient (Wildman–Crippen LogP) is -0.304. The van der Waals surface area contributed by atoms with Crippen LogP contribution in [-0.4, -0.2) is 56.0 Å². The maximum absolute atomic E-state index is 9.84. The van der Waals surface area contributed by atoms with E-state index >= 15 is 0 Å². The molecule has 0 fully saturated rings. The van der Waals surface area contributed by atoms with Crippen molar-refractivity contribution in [2.75, 3.05) is 33.5 Å². The van der Waals surface area contributed by atoms with E-state index in [1.54, 1.807) is 6.92 Å². The number of hydrogen-bond donors (Lipinski definition) is 2. The molecule has 0 amide bonds. The number of carbonyl (C=O) groups excluding carboxylic acids is 1. The normalized spacial score (nSPS) is 11.0. The van der Waals surface area contributed by atoms with Gasteiger partial charge in [-0.05, 0) is 6.92 Å². The summed E-state index contributed by atoms with van der Waals surface area (Å²) in [6.45, 7) is 5.74. The molecule has 0 saturated heterocycles. The van der Waals surface area contributed by atoms with Gasteiger partial charge in [-0.1, -0.05) is 6.58 Å². The molecule has 2 N–H and O–H groups in total. The summed E-state index contributed by atoms with van der Waals surface area (Å²) in [5.41, 5.74) is 0. The van der Waals surface area contributed by atoms with Gasteiger partial charge in [-0.25, -0.2) is 4.79 Å². The Hall–Kier alpha value is -0.950. The molecule has 0 aliphatic heterocycles. The van der Waals surface area contributed by atoms with Gasteiger partial charge < -0.3 is 24.4 Å². The van der Waals surface area contributed by atoms with E-state index in [1.165, 1.54) is 7.11 Å². The topological polar surface area (TPSA) is 85.2 Å². The second-order valence-corrected chi connectivity index (χ2v) is 2.44. The van der Waals surface area contributed by atoms with Gasteiger partial charge in [0.1, 0.15) is 0 Å². The number of aliphatic hydroxyl groups excluding tert-OH is 2. The third-order valence-corrected chi connectivity index (χ3v) is 1.22. The molecule has 6 nitrogen and oxygen atoms in total. The van der Waals surface area contributed by atoms with E-state index in [9.17, 15) is 4.79 Å². The van der Waals surface area contributed by atoms with Gasteiger partial charge in [0.25, 0.3) is 0 Å². The summed E-state index contributed by atoms with van der Waals surface area (Å²) >= 11 is 0. The lowest BCUT2D eigenvalue weighted by atomic mass is 10.6. The summed E-state index contributed by atoms with van der Waals surface area (Å²) in [4.78, 5) is 9.84. The van der Waals surface area contributed by atoms with Crippen LogP contribution in [0.15, 0.2) is 12.7 Å². The van der Waals surface area contributed by atoms with Crippen LogP contribution in [0.3, 0.4) is 0 Å². The van der Waals surface area contributed by atoms with Gasteiger partial charge in [-0.15, -0.1) is 0 Å². The van der Waals surface area contributed by atoms with Crippen molar-refractivity contribution in [2.24, 2.45) is 0 Å². The summed E-state index contributed by atoms with van der Waals surface area (Å²) < 4.78 is 13.7. The van der Waals surface area contributed by atoms with Crippen LogP contribution in [0.1, 0.15) is 6.92 Å². The molecule has 6 heteroatoms. The molecule has 0 heterocycles. The van der Waals surface area contributed by atoms with Gasteiger partial charge >= 0.3 is 5.97 Å². The molecular formula is C10H20O6. The van der Waals surface area contributed by atoms with Crippen LogP contribution in [-0.2, 0) is 19.0 Å². The van der Waals surface area contributed by atoms with Crippen molar-refractivity contribution in [1.29, 1.82) is 0 Å². The lowest BCUT2D eigenvalue weighted by Crippen LogP contribution is -2.19. The lowest BCUT2D eigenvalue weighted by Gasteiger charge is -2.09. The summed E-state index contributed by atoms with van der Waals surface area (Å²) in [5, 5.41) is 17.1. The monoisotopic (exact) mass is 236 g/mol. The van der Waals surface area contributed by atoms with Gasteiger partial charge in [0, 0.05) is 12.7 Å². The number of rotatable bonds is 7. The van der Waals surface area contributed by atoms with Crippen molar-refractivity contribution >= 4 is 5.97 Å². The molecule has 0 aromatic carbocycles. The standard InChI is InChI=1S/C6H14O4.C4H6O2/c1-2-10-6(8)5-9-4-3-7;1-3-4(5)6-2/h6-8H,2-5H2,1H3;3H,1H2,2H3. The molecule has 0 spiro atoms. The first-order chi connectivity index (χ1) is 7.62. The fourth-order valence-corrected chi connectivity index (χ4v) is 0.573. The smallest absolute Gasteiger partial charge is 0.329 e. The molecule has 16 heavy (non-hydrogen) atoms. The molecule has 0 radical (unpaired) electrons. The van der Waals surface area contributed by atoms with Crippen molar-refractivity contribution in [3.05, 3.63) is 12.7 Å². The minimum Gasteiger partial charge on any atom is -0.466 e. The van der Waals surface area contributed by atoms with E-state index in [1.807, 2.05) is 0 Å². The van der Waals surface area contributed by atoms with Crippen molar-refractivity contribution < 1.29 is 29.2 Å². The zero-order valence-electron chi connectivity index (χ0n) is 9.72.